The molecule has 5 nitrogen and oxygen atoms in total. The average molecular weight is 345 g/mol. The molecule has 2 aromatic heterocycles. The number of fused-ring (bicyclic) bond motifs is 1. The summed E-state index contributed by atoms with van der Waals surface area (Å²) in [4.78, 5) is 24.5. The van der Waals surface area contributed by atoms with E-state index in [1.54, 1.807) is 6.20 Å². The van der Waals surface area contributed by atoms with Gasteiger partial charge in [0.15, 0.2) is 0 Å². The molecule has 0 saturated carbocycles. The molecule has 0 N–H and O–H groups in total. The van der Waals surface area contributed by atoms with Crippen LogP contribution in [0.25, 0.3) is 22.4 Å². The number of rotatable bonds is 2. The SMILES string of the molecule is C=O.C=O.CC.CCn1c(-c2cncc(F)c2)nc2cc(C)ccc21. The molecule has 0 amide bonds. The summed E-state index contributed by atoms with van der Waals surface area (Å²) in [6.07, 6.45) is 2.84. The number of pyridine rings is 1. The summed E-state index contributed by atoms with van der Waals surface area (Å²) >= 11 is 0. The molecule has 0 spiro atoms. The fraction of sp³-hybridized carbons (Fsp3) is 0.263. The minimum atomic E-state index is -0.344. The van der Waals surface area contributed by atoms with Gasteiger partial charge in [0.25, 0.3) is 0 Å². The summed E-state index contributed by atoms with van der Waals surface area (Å²) in [6, 6.07) is 7.62. The van der Waals surface area contributed by atoms with Gasteiger partial charge in [-0.05, 0) is 37.6 Å². The van der Waals surface area contributed by atoms with E-state index in [9.17, 15) is 4.39 Å². The van der Waals surface area contributed by atoms with E-state index in [0.29, 0.717) is 5.56 Å². The lowest BCUT2D eigenvalue weighted by molar-refractivity contribution is -0.0987. The zero-order valence-electron chi connectivity index (χ0n) is 15.1. The van der Waals surface area contributed by atoms with Gasteiger partial charge in [-0.15, -0.1) is 0 Å². The van der Waals surface area contributed by atoms with Crippen LogP contribution in [0.2, 0.25) is 0 Å². The van der Waals surface area contributed by atoms with E-state index in [2.05, 4.69) is 33.6 Å². The number of aromatic nitrogens is 3. The predicted molar refractivity (Wildman–Crippen MR) is 98.9 cm³/mol. The van der Waals surface area contributed by atoms with Crippen LogP contribution in [0, 0.1) is 12.7 Å². The summed E-state index contributed by atoms with van der Waals surface area (Å²) < 4.78 is 15.4. The molecule has 0 bridgehead atoms. The molecule has 6 heteroatoms. The number of aryl methyl sites for hydroxylation is 2. The number of hydrogen-bond donors (Lipinski definition) is 0. The Hall–Kier alpha value is -2.89. The van der Waals surface area contributed by atoms with Gasteiger partial charge in [-0.25, -0.2) is 9.37 Å². The second-order valence-electron chi connectivity index (χ2n) is 4.56. The first-order chi connectivity index (χ1) is 12.2. The summed E-state index contributed by atoms with van der Waals surface area (Å²) in [7, 11) is 0. The molecule has 3 rings (SSSR count). The van der Waals surface area contributed by atoms with E-state index in [4.69, 9.17) is 9.59 Å². The summed E-state index contributed by atoms with van der Waals surface area (Å²) in [5.41, 5.74) is 3.86. The lowest BCUT2D eigenvalue weighted by Gasteiger charge is -2.05. The van der Waals surface area contributed by atoms with Crippen molar-refractivity contribution in [3.05, 3.63) is 48.0 Å². The Morgan fingerprint density at radius 1 is 1.08 bits per heavy atom. The normalized spacial score (nSPS) is 9.00. The van der Waals surface area contributed by atoms with E-state index in [1.165, 1.54) is 12.3 Å². The number of benzene rings is 1. The minimum Gasteiger partial charge on any atom is -0.324 e. The summed E-state index contributed by atoms with van der Waals surface area (Å²) in [5, 5.41) is 0. The van der Waals surface area contributed by atoms with Gasteiger partial charge in [0, 0.05) is 18.3 Å². The van der Waals surface area contributed by atoms with Gasteiger partial charge in [-0.3, -0.25) is 4.98 Å². The molecule has 0 saturated heterocycles. The Morgan fingerprint density at radius 3 is 2.28 bits per heavy atom. The number of carbonyl (C=O) groups is 2. The topological polar surface area (TPSA) is 64.8 Å². The van der Waals surface area contributed by atoms with Gasteiger partial charge >= 0.3 is 0 Å². The number of nitrogens with zero attached hydrogens (tertiary/aromatic N) is 3. The highest BCUT2D eigenvalue weighted by atomic mass is 19.1. The maximum absolute atomic E-state index is 13.3. The summed E-state index contributed by atoms with van der Waals surface area (Å²) in [5.74, 6) is 0.415. The number of hydrogen-bond acceptors (Lipinski definition) is 4. The van der Waals surface area contributed by atoms with Crippen molar-refractivity contribution in [2.24, 2.45) is 0 Å². The highest BCUT2D eigenvalue weighted by molar-refractivity contribution is 5.81. The molecule has 1 aromatic carbocycles. The van der Waals surface area contributed by atoms with Crippen molar-refractivity contribution in [1.82, 2.24) is 14.5 Å². The van der Waals surface area contributed by atoms with Crippen LogP contribution in [0.4, 0.5) is 4.39 Å². The van der Waals surface area contributed by atoms with E-state index < -0.39 is 0 Å². The smallest absolute Gasteiger partial charge is 0.142 e. The molecule has 2 heterocycles. The van der Waals surface area contributed by atoms with Crippen LogP contribution in [0.1, 0.15) is 26.3 Å². The van der Waals surface area contributed by atoms with Crippen LogP contribution in [-0.4, -0.2) is 28.1 Å². The maximum Gasteiger partial charge on any atom is 0.142 e. The molecular formula is C19H24FN3O2. The average Bonchev–Trinajstić information content (AvgIpc) is 3.04. The summed E-state index contributed by atoms with van der Waals surface area (Å²) in [6.45, 7) is 12.9. The lowest BCUT2D eigenvalue weighted by Crippen LogP contribution is -1.98. The predicted octanol–water partition coefficient (Wildman–Crippen LogP) is 4.22. The largest absolute Gasteiger partial charge is 0.324 e. The van der Waals surface area contributed by atoms with E-state index in [1.807, 2.05) is 40.4 Å². The third-order valence-corrected chi connectivity index (χ3v) is 3.18. The second-order valence-corrected chi connectivity index (χ2v) is 4.56. The van der Waals surface area contributed by atoms with Crippen molar-refractivity contribution in [2.45, 2.75) is 34.2 Å². The Morgan fingerprint density at radius 2 is 1.72 bits per heavy atom. The zero-order chi connectivity index (χ0) is 19.4. The molecular weight excluding hydrogens is 321 g/mol. The maximum atomic E-state index is 13.3. The first-order valence-corrected chi connectivity index (χ1v) is 7.84. The Balaban J connectivity index is 0.000000871. The van der Waals surface area contributed by atoms with Gasteiger partial charge in [0.2, 0.25) is 0 Å². The fourth-order valence-electron chi connectivity index (χ4n) is 2.31. The fourth-order valence-corrected chi connectivity index (χ4v) is 2.31. The van der Waals surface area contributed by atoms with E-state index >= 15 is 0 Å². The Bertz CT molecular complexity index is 785. The number of halogens is 1. The van der Waals surface area contributed by atoms with Crippen LogP contribution in [0.3, 0.4) is 0 Å². The zero-order valence-corrected chi connectivity index (χ0v) is 15.1. The van der Waals surface area contributed by atoms with Gasteiger partial charge in [-0.2, -0.15) is 0 Å². The molecule has 0 aliphatic rings. The van der Waals surface area contributed by atoms with Crippen molar-refractivity contribution < 1.29 is 14.0 Å². The molecule has 0 aliphatic carbocycles. The van der Waals surface area contributed by atoms with E-state index in [0.717, 1.165) is 29.0 Å². The van der Waals surface area contributed by atoms with Gasteiger partial charge in [0.05, 0.1) is 17.2 Å². The molecule has 134 valence electrons. The molecule has 0 fully saturated rings. The minimum absolute atomic E-state index is 0.344. The lowest BCUT2D eigenvalue weighted by atomic mass is 10.2. The van der Waals surface area contributed by atoms with Crippen molar-refractivity contribution >= 4 is 24.6 Å². The van der Waals surface area contributed by atoms with Crippen LogP contribution in [-0.2, 0) is 16.1 Å². The number of imidazole rings is 1. The van der Waals surface area contributed by atoms with Crippen molar-refractivity contribution in [1.29, 1.82) is 0 Å². The highest BCUT2D eigenvalue weighted by Gasteiger charge is 2.12. The van der Waals surface area contributed by atoms with Crippen LogP contribution >= 0.6 is 0 Å². The Kier molecular flexibility index (Phi) is 10.3. The standard InChI is InChI=1S/C15H14FN3.C2H6.2CH2O/c1-3-19-14-5-4-10(2)6-13(14)18-15(19)11-7-12(16)9-17-8-11;3*1-2/h4-9H,3H2,1-2H3;1-2H3;2*1H2. The molecule has 0 aliphatic heterocycles. The molecule has 0 radical (unpaired) electrons. The third kappa shape index (κ3) is 5.31. The first-order valence-electron chi connectivity index (χ1n) is 7.84. The van der Waals surface area contributed by atoms with Crippen LogP contribution in [0.15, 0.2) is 36.7 Å². The van der Waals surface area contributed by atoms with Crippen molar-refractivity contribution in [2.75, 3.05) is 0 Å². The quantitative estimate of drug-likeness (QED) is 0.697. The first kappa shape index (κ1) is 22.1. The van der Waals surface area contributed by atoms with Gasteiger partial charge in [-0.1, -0.05) is 19.9 Å². The van der Waals surface area contributed by atoms with Gasteiger partial charge in [0.1, 0.15) is 25.2 Å². The van der Waals surface area contributed by atoms with Crippen LogP contribution in [0.5, 0.6) is 0 Å². The Labute approximate surface area is 147 Å². The molecule has 0 atom stereocenters. The second kappa shape index (κ2) is 11.6. The third-order valence-electron chi connectivity index (χ3n) is 3.18. The van der Waals surface area contributed by atoms with Crippen LogP contribution < -0.4 is 0 Å². The molecule has 3 aromatic rings. The molecule has 0 unspecified atom stereocenters. The molecule has 25 heavy (non-hydrogen) atoms. The van der Waals surface area contributed by atoms with Gasteiger partial charge < -0.3 is 14.2 Å². The highest BCUT2D eigenvalue weighted by Crippen LogP contribution is 2.25. The number of carbonyl (C=O) groups excluding carboxylic acids is 2. The monoisotopic (exact) mass is 345 g/mol. The van der Waals surface area contributed by atoms with E-state index in [-0.39, 0.29) is 5.82 Å². The van der Waals surface area contributed by atoms with Crippen molar-refractivity contribution in [3.63, 3.8) is 0 Å². The van der Waals surface area contributed by atoms with Crippen molar-refractivity contribution in [3.8, 4) is 11.4 Å².